The Hall–Kier alpha value is -0.570. The topological polar surface area (TPSA) is 20.3 Å². The number of halogens is 2. The van der Waals surface area contributed by atoms with E-state index in [9.17, 15) is 4.79 Å². The summed E-state index contributed by atoms with van der Waals surface area (Å²) in [5.74, 6) is 0.310. The van der Waals surface area contributed by atoms with E-state index in [1.807, 2.05) is 12.1 Å². The Morgan fingerprint density at radius 3 is 2.88 bits per heavy atom. The standard InChI is InChI=1S/C12H13Cl2NO/c13-11-5-1-3-9(12(11)14)7-15-6-2-4-10(16)8-15/h1,3,5H,2,4,6-8H2. The first kappa shape index (κ1) is 11.9. The number of likely N-dealkylation sites (tertiary alicyclic amines) is 1. The Morgan fingerprint density at radius 2 is 2.12 bits per heavy atom. The SMILES string of the molecule is O=C1CCCN(Cc2cccc(Cl)c2Cl)C1. The Labute approximate surface area is 105 Å². The summed E-state index contributed by atoms with van der Waals surface area (Å²) in [6.07, 6.45) is 1.65. The molecule has 0 aromatic heterocycles. The lowest BCUT2D eigenvalue weighted by Gasteiger charge is -2.25. The molecule has 4 heteroatoms. The van der Waals surface area contributed by atoms with Crippen LogP contribution in [0, 0.1) is 0 Å². The van der Waals surface area contributed by atoms with Crippen molar-refractivity contribution >= 4 is 29.0 Å². The van der Waals surface area contributed by atoms with Crippen LogP contribution in [0.2, 0.25) is 10.0 Å². The number of carbonyl (C=O) groups excluding carboxylic acids is 1. The molecule has 1 aliphatic heterocycles. The first-order valence-corrected chi connectivity index (χ1v) is 6.09. The van der Waals surface area contributed by atoms with Crippen LogP contribution in [-0.2, 0) is 11.3 Å². The van der Waals surface area contributed by atoms with Gasteiger partial charge in [0.15, 0.2) is 0 Å². The van der Waals surface area contributed by atoms with Crippen molar-refractivity contribution in [3.8, 4) is 0 Å². The zero-order chi connectivity index (χ0) is 11.5. The van der Waals surface area contributed by atoms with E-state index in [1.165, 1.54) is 0 Å². The number of nitrogens with zero attached hydrogens (tertiary/aromatic N) is 1. The van der Waals surface area contributed by atoms with Gasteiger partial charge < -0.3 is 0 Å². The maximum atomic E-state index is 11.3. The van der Waals surface area contributed by atoms with Crippen molar-refractivity contribution in [2.24, 2.45) is 0 Å². The molecule has 16 heavy (non-hydrogen) atoms. The largest absolute Gasteiger partial charge is 0.298 e. The summed E-state index contributed by atoms with van der Waals surface area (Å²) >= 11 is 12.0. The Balaban J connectivity index is 2.08. The lowest BCUT2D eigenvalue weighted by molar-refractivity contribution is -0.122. The van der Waals surface area contributed by atoms with E-state index in [0.29, 0.717) is 35.3 Å². The van der Waals surface area contributed by atoms with E-state index in [2.05, 4.69) is 4.90 Å². The molecule has 0 N–H and O–H groups in total. The molecule has 0 saturated carbocycles. The van der Waals surface area contributed by atoms with Gasteiger partial charge in [-0.1, -0.05) is 35.3 Å². The van der Waals surface area contributed by atoms with Crippen LogP contribution in [0.15, 0.2) is 18.2 Å². The van der Waals surface area contributed by atoms with Crippen molar-refractivity contribution in [3.63, 3.8) is 0 Å². The highest BCUT2D eigenvalue weighted by molar-refractivity contribution is 6.42. The van der Waals surface area contributed by atoms with Crippen molar-refractivity contribution in [2.45, 2.75) is 19.4 Å². The number of ketones is 1. The maximum absolute atomic E-state index is 11.3. The fourth-order valence-corrected chi connectivity index (χ4v) is 2.33. The van der Waals surface area contributed by atoms with Gasteiger partial charge in [-0.25, -0.2) is 0 Å². The van der Waals surface area contributed by atoms with Crippen LogP contribution in [-0.4, -0.2) is 23.8 Å². The van der Waals surface area contributed by atoms with E-state index in [1.54, 1.807) is 6.07 Å². The molecule has 86 valence electrons. The average Bonchev–Trinajstić information content (AvgIpc) is 2.25. The van der Waals surface area contributed by atoms with Crippen molar-refractivity contribution in [2.75, 3.05) is 13.1 Å². The monoisotopic (exact) mass is 257 g/mol. The predicted octanol–water partition coefficient (Wildman–Crippen LogP) is 3.16. The van der Waals surface area contributed by atoms with Crippen LogP contribution in [0.5, 0.6) is 0 Å². The number of piperidine rings is 1. The highest BCUT2D eigenvalue weighted by Crippen LogP contribution is 2.26. The van der Waals surface area contributed by atoms with Gasteiger partial charge in [0.05, 0.1) is 16.6 Å². The van der Waals surface area contributed by atoms with Gasteiger partial charge in [-0.2, -0.15) is 0 Å². The molecular formula is C12H13Cl2NO. The summed E-state index contributed by atoms with van der Waals surface area (Å²) in [7, 11) is 0. The maximum Gasteiger partial charge on any atom is 0.146 e. The van der Waals surface area contributed by atoms with Crippen molar-refractivity contribution in [1.82, 2.24) is 4.90 Å². The van der Waals surface area contributed by atoms with Gasteiger partial charge in [-0.15, -0.1) is 0 Å². The first-order valence-electron chi connectivity index (χ1n) is 5.34. The predicted molar refractivity (Wildman–Crippen MR) is 66.0 cm³/mol. The van der Waals surface area contributed by atoms with E-state index in [0.717, 1.165) is 18.5 Å². The van der Waals surface area contributed by atoms with Crippen LogP contribution in [0.3, 0.4) is 0 Å². The molecule has 0 unspecified atom stereocenters. The normalized spacial score (nSPS) is 17.8. The molecular weight excluding hydrogens is 245 g/mol. The number of rotatable bonds is 2. The molecule has 0 atom stereocenters. The molecule has 0 bridgehead atoms. The molecule has 0 aliphatic carbocycles. The highest BCUT2D eigenvalue weighted by Gasteiger charge is 2.17. The van der Waals surface area contributed by atoms with Crippen molar-refractivity contribution in [3.05, 3.63) is 33.8 Å². The van der Waals surface area contributed by atoms with Crippen molar-refractivity contribution < 1.29 is 4.79 Å². The minimum absolute atomic E-state index is 0.310. The van der Waals surface area contributed by atoms with Gasteiger partial charge in [-0.05, 0) is 24.6 Å². The first-order chi connectivity index (χ1) is 7.66. The summed E-state index contributed by atoms with van der Waals surface area (Å²) in [5, 5.41) is 1.17. The van der Waals surface area contributed by atoms with Crippen LogP contribution in [0.25, 0.3) is 0 Å². The quantitative estimate of drug-likeness (QED) is 0.812. The molecule has 0 amide bonds. The van der Waals surface area contributed by atoms with Gasteiger partial charge in [0, 0.05) is 13.0 Å². The average molecular weight is 258 g/mol. The third-order valence-electron chi connectivity index (χ3n) is 2.76. The summed E-state index contributed by atoms with van der Waals surface area (Å²) in [6, 6.07) is 5.61. The summed E-state index contributed by atoms with van der Waals surface area (Å²) in [4.78, 5) is 13.4. The Bertz CT molecular complexity index is 406. The van der Waals surface area contributed by atoms with Crippen LogP contribution in [0.4, 0.5) is 0 Å². The summed E-state index contributed by atoms with van der Waals surface area (Å²) < 4.78 is 0. The third kappa shape index (κ3) is 2.76. The lowest BCUT2D eigenvalue weighted by atomic mass is 10.1. The highest BCUT2D eigenvalue weighted by atomic mass is 35.5. The number of hydrogen-bond acceptors (Lipinski definition) is 2. The van der Waals surface area contributed by atoms with E-state index < -0.39 is 0 Å². The zero-order valence-corrected chi connectivity index (χ0v) is 10.4. The molecule has 1 aromatic carbocycles. The lowest BCUT2D eigenvalue weighted by Crippen LogP contribution is -2.35. The van der Waals surface area contributed by atoms with E-state index in [-0.39, 0.29) is 0 Å². The molecule has 2 nitrogen and oxygen atoms in total. The molecule has 0 spiro atoms. The second-order valence-corrected chi connectivity index (χ2v) is 4.85. The number of hydrogen-bond donors (Lipinski definition) is 0. The summed E-state index contributed by atoms with van der Waals surface area (Å²) in [5.41, 5.74) is 0.990. The number of benzene rings is 1. The molecule has 2 rings (SSSR count). The smallest absolute Gasteiger partial charge is 0.146 e. The minimum Gasteiger partial charge on any atom is -0.298 e. The second-order valence-electron chi connectivity index (χ2n) is 4.07. The van der Waals surface area contributed by atoms with Gasteiger partial charge in [0.2, 0.25) is 0 Å². The van der Waals surface area contributed by atoms with E-state index >= 15 is 0 Å². The van der Waals surface area contributed by atoms with Gasteiger partial charge in [0.25, 0.3) is 0 Å². The summed E-state index contributed by atoms with van der Waals surface area (Å²) in [6.45, 7) is 2.18. The fraction of sp³-hybridized carbons (Fsp3) is 0.417. The molecule has 0 radical (unpaired) electrons. The second kappa shape index (κ2) is 5.17. The fourth-order valence-electron chi connectivity index (χ4n) is 1.95. The van der Waals surface area contributed by atoms with Gasteiger partial charge in [0.1, 0.15) is 5.78 Å². The van der Waals surface area contributed by atoms with E-state index in [4.69, 9.17) is 23.2 Å². The molecule has 1 aliphatic rings. The van der Waals surface area contributed by atoms with Crippen LogP contribution in [0.1, 0.15) is 18.4 Å². The van der Waals surface area contributed by atoms with Crippen LogP contribution < -0.4 is 0 Å². The minimum atomic E-state index is 0.310. The number of Topliss-reactive ketones (excluding diaryl/α,β-unsaturated/α-hetero) is 1. The Morgan fingerprint density at radius 1 is 1.31 bits per heavy atom. The molecule has 1 fully saturated rings. The van der Waals surface area contributed by atoms with Gasteiger partial charge in [-0.3, -0.25) is 9.69 Å². The van der Waals surface area contributed by atoms with Crippen LogP contribution >= 0.6 is 23.2 Å². The zero-order valence-electron chi connectivity index (χ0n) is 8.88. The Kier molecular flexibility index (Phi) is 3.85. The molecule has 1 saturated heterocycles. The molecule has 1 aromatic rings. The molecule has 1 heterocycles. The number of carbonyl (C=O) groups is 1. The van der Waals surface area contributed by atoms with Crippen molar-refractivity contribution in [1.29, 1.82) is 0 Å². The third-order valence-corrected chi connectivity index (χ3v) is 3.61. The van der Waals surface area contributed by atoms with Gasteiger partial charge >= 0.3 is 0 Å².